The number of nitrogens with one attached hydrogen (secondary N) is 21. The second-order valence-electron chi connectivity index (χ2n) is 37.5. The molecule has 11 rings (SSSR count). The maximum Gasteiger partial charge on any atom is 0.305 e. The number of aliphatic carboxylic acids is 2. The second kappa shape index (κ2) is 52.5. The summed E-state index contributed by atoms with van der Waals surface area (Å²) in [6.07, 6.45) is -1.30. The Kier molecular flexibility index (Phi) is 40.8. The van der Waals surface area contributed by atoms with Gasteiger partial charge in [-0.1, -0.05) is 81.1 Å². The van der Waals surface area contributed by atoms with Crippen molar-refractivity contribution in [1.29, 1.82) is 0 Å². The van der Waals surface area contributed by atoms with E-state index in [9.17, 15) is 106 Å². The number of carboxylic acids is 2. The molecular weight excluding hydrogens is 1980 g/mol. The predicted molar refractivity (Wildman–Crippen MR) is 535 cm³/mol. The van der Waals surface area contributed by atoms with Crippen LogP contribution in [0.4, 0.5) is 11.4 Å². The second-order valence-corrected chi connectivity index (χ2v) is 42.4. The number of carboxylic acid groups (broad SMARTS) is 2. The van der Waals surface area contributed by atoms with Crippen LogP contribution in [0.1, 0.15) is 169 Å². The fourth-order valence-electron chi connectivity index (χ4n) is 17.9. The lowest BCUT2D eigenvalue weighted by atomic mass is 9.96. The van der Waals surface area contributed by atoms with Gasteiger partial charge in [0.2, 0.25) is 118 Å². The number of imide groups is 1. The Hall–Kier alpha value is -12.8. The summed E-state index contributed by atoms with van der Waals surface area (Å²) in [5.41, 5.74) is 1.60. The van der Waals surface area contributed by atoms with Gasteiger partial charge in [-0.15, -0.1) is 23.5 Å². The van der Waals surface area contributed by atoms with E-state index in [4.69, 9.17) is 0 Å². The number of rotatable bonds is 29. The first-order valence-electron chi connectivity index (χ1n) is 49.2. The number of amides is 20. The van der Waals surface area contributed by atoms with Crippen LogP contribution in [0.25, 0.3) is 21.8 Å². The van der Waals surface area contributed by atoms with Crippen LogP contribution in [0.5, 0.6) is 0 Å². The molecule has 796 valence electrons. The molecule has 2 aromatic heterocycles. The Morgan fingerprint density at radius 3 is 1.16 bits per heavy atom. The van der Waals surface area contributed by atoms with Gasteiger partial charge in [0.15, 0.2) is 0 Å². The Morgan fingerprint density at radius 2 is 0.795 bits per heavy atom. The van der Waals surface area contributed by atoms with Crippen LogP contribution >= 0.6 is 43.7 Å². The summed E-state index contributed by atoms with van der Waals surface area (Å²) in [5.74, 6) is -22.6. The van der Waals surface area contributed by atoms with Gasteiger partial charge in [-0.3, -0.25) is 115 Å². The Labute approximate surface area is 854 Å². The van der Waals surface area contributed by atoms with Crippen LogP contribution in [0, 0.1) is 23.7 Å². The van der Waals surface area contributed by atoms with E-state index in [1.165, 1.54) is 12.1 Å². The largest absolute Gasteiger partial charge is 0.481 e. The number of nitrogens with zero attached hydrogens (tertiary/aromatic N) is 3. The third-order valence-electron chi connectivity index (χ3n) is 27.0. The van der Waals surface area contributed by atoms with Gasteiger partial charge >= 0.3 is 11.9 Å². The lowest BCUT2D eigenvalue weighted by Crippen LogP contribution is -2.61. The average Bonchev–Trinajstić information content (AvgIpc) is 1.63. The molecule has 4 aromatic rings. The van der Waals surface area contributed by atoms with E-state index in [-0.39, 0.29) is 149 Å². The molecule has 23 N–H and O–H groups in total. The summed E-state index contributed by atoms with van der Waals surface area (Å²) in [4.78, 5) is 320. The van der Waals surface area contributed by atoms with Crippen molar-refractivity contribution in [3.05, 3.63) is 47.5 Å². The van der Waals surface area contributed by atoms with Gasteiger partial charge in [0, 0.05) is 116 Å². The van der Waals surface area contributed by atoms with Crippen molar-refractivity contribution in [3.8, 4) is 0 Å². The topological polar surface area (TPSA) is 703 Å². The number of benzene rings is 2. The number of H-pyrrole nitrogens is 2. The van der Waals surface area contributed by atoms with E-state index in [0.29, 0.717) is 34.6 Å². The van der Waals surface area contributed by atoms with Gasteiger partial charge < -0.3 is 115 Å². The molecule has 3 saturated heterocycles. The minimum Gasteiger partial charge on any atom is -0.481 e. The van der Waals surface area contributed by atoms with Crippen molar-refractivity contribution in [3.63, 3.8) is 0 Å². The normalized spacial score (nSPS) is 25.5. The molecule has 146 heavy (non-hydrogen) atoms. The van der Waals surface area contributed by atoms with Crippen molar-refractivity contribution in [2.24, 2.45) is 23.7 Å². The van der Waals surface area contributed by atoms with E-state index in [0.717, 1.165) is 38.2 Å². The molecule has 9 heterocycles. The number of anilines is 2. The van der Waals surface area contributed by atoms with E-state index in [1.54, 1.807) is 79.7 Å². The smallest absolute Gasteiger partial charge is 0.305 e. The zero-order valence-electron chi connectivity index (χ0n) is 82.3. The number of carbonyl (C=O) groups excluding carboxylic acids is 20. The van der Waals surface area contributed by atoms with Crippen LogP contribution in [0.15, 0.2) is 46.5 Å². The molecule has 7 aliphatic rings. The van der Waals surface area contributed by atoms with Crippen LogP contribution in [0.2, 0.25) is 0 Å². The highest BCUT2D eigenvalue weighted by Crippen LogP contribution is 2.38. The number of likely N-dealkylation sites (tertiary alicyclic amines) is 1. The zero-order chi connectivity index (χ0) is 106. The average molecular weight is 2110 g/mol. The van der Waals surface area contributed by atoms with Gasteiger partial charge in [0.05, 0.1) is 54.3 Å². The fourth-order valence-corrected chi connectivity index (χ4v) is 22.2. The molecule has 4 bridgehead atoms. The molecule has 0 saturated carbocycles. The van der Waals surface area contributed by atoms with Crippen LogP contribution in [0.3, 0.4) is 0 Å². The molecule has 7 aliphatic heterocycles. The van der Waals surface area contributed by atoms with Crippen LogP contribution in [-0.2, 0) is 123 Å². The van der Waals surface area contributed by atoms with Gasteiger partial charge in [0.25, 0.3) is 7.59 Å². The third kappa shape index (κ3) is 30.2. The highest BCUT2D eigenvalue weighted by Gasteiger charge is 2.47. The molecule has 2 aromatic carbocycles. The summed E-state index contributed by atoms with van der Waals surface area (Å²) in [5, 5.41) is 71.8. The number of thioether (sulfide) groups is 2. The van der Waals surface area contributed by atoms with Crippen molar-refractivity contribution in [1.82, 2.24) is 114 Å². The van der Waals surface area contributed by atoms with Crippen LogP contribution < -0.4 is 100 Å². The van der Waals surface area contributed by atoms with Crippen molar-refractivity contribution >= 4 is 207 Å². The van der Waals surface area contributed by atoms with Gasteiger partial charge in [-0.2, -0.15) is 12.6 Å². The van der Waals surface area contributed by atoms with Crippen molar-refractivity contribution < 1.29 is 120 Å². The molecule has 17 atom stereocenters. The van der Waals surface area contributed by atoms with E-state index < -0.39 is 302 Å². The first-order valence-corrected chi connectivity index (χ1v) is 53.3. The van der Waals surface area contributed by atoms with E-state index in [1.807, 2.05) is 0 Å². The molecule has 3 unspecified atom stereocenters. The van der Waals surface area contributed by atoms with Gasteiger partial charge in [0.1, 0.15) is 72.5 Å². The Balaban J connectivity index is 0.840. The quantitative estimate of drug-likeness (QED) is 0.0119. The maximum atomic E-state index is 15.1. The van der Waals surface area contributed by atoms with Gasteiger partial charge in [-0.05, 0) is 116 Å². The highest BCUT2D eigenvalue weighted by atomic mass is 32.2. The lowest BCUT2D eigenvalue weighted by molar-refractivity contribution is -0.146. The predicted octanol–water partition coefficient (Wildman–Crippen LogP) is -2.14. The first kappa shape index (κ1) is 114. The van der Waals surface area contributed by atoms with Crippen LogP contribution in [-0.4, -0.2) is 320 Å². The Morgan fingerprint density at radius 1 is 0.432 bits per heavy atom. The number of hydrogen-bond acceptors (Lipinski definition) is 26. The molecular formula is C93H131N24O25PS3. The van der Waals surface area contributed by atoms with E-state index in [2.05, 4.69) is 123 Å². The molecule has 53 heteroatoms. The number of thiol groups is 1. The van der Waals surface area contributed by atoms with Crippen molar-refractivity contribution in [2.75, 3.05) is 87.6 Å². The third-order valence-corrected chi connectivity index (χ3v) is 31.7. The standard InChI is InChI=1S/C93H131N24O25PS3/c1-9-45(5)75-85(135)96-39-68(120)103-61-43-145-89-53(34-57(79(129)94-41-70(122)111-75)105-87(137)77(47(7)11-3)113-83(133)63-18-15-29-115(63)91(139)59(36-73(125)126)107-81(61)131)51-32-49(22-24-55(51)109-89)101-66(118)20-13-26-98-143(142,100-28-17-31-117-72(124)38-65(144)93(117)141)99-27-14-21-67(119)102-50-23-25-56-52(33-50)54-35-58-80(130)95-42-71(123)112-76(46(6)10-2)86(136)97-40-69(121)104-62(44-146-90(54)110-56)82(132)108-60(37-74(127)128)92(140)116-30-16-19-64(116)84(134)114-78(48(8)12-4)88(138)106-58/h22-25,32-33,45-48,57-65,75-78,109-110,144H,9-21,26-31,34-44H2,1-8H3,(H,94,129)(H,95,130)(H,96,135)(H,97,136)(H,101,118)(H,102,119)(H,103,120)(H,104,121)(H,105,137)(H,106,138)(H,107,131)(H,108,132)(H,111,122)(H,112,123)(H,113,133)(H,114,134)(H,125,126)(H,127,128)(H3,98,99,100,142)/t45-,46-,47?,48?,57-,58-,59-,60-,61-,62-,63-,64-,65?,75-,76-,77-,78-,143?/m0/s1. The SMILES string of the molecule is CCC(C)[C@@H]1NC(=O)[C@@H]2CCCN2C(=O)[C@H](CC(=O)O)NC(=O)[C@@H]2CSc3[nH]c4ccc(NC(=O)CCCNP(=O)(NCCCC(=O)Nc5ccc6[nH]c7c(c6c5)C[C@@H]5NC(=O)[C@H](C(C)CC)NC(=O)[C@@H]6CCCN6C(=O)[C@H](CC(=O)O)NC(=O)[C@H](CS7)NC(=O)CNC(=O)[C@H]([C@@H](C)CC)NC(=O)CNC5=O)NCCCN5C(=O)CC(S)C5=O)cc4c3C[C@H](NC1=O)C(=O)NCC(=O)N[C@@H]([C@@H](C)CC)C(=O)NCC(=O)N2. The summed E-state index contributed by atoms with van der Waals surface area (Å²) < 4.78 is 15.1. The molecule has 20 amide bonds. The maximum absolute atomic E-state index is 15.1. The zero-order valence-corrected chi connectivity index (χ0v) is 85.8. The summed E-state index contributed by atoms with van der Waals surface area (Å²) in [6, 6.07) is -8.61. The molecule has 0 spiro atoms. The summed E-state index contributed by atoms with van der Waals surface area (Å²) >= 11 is 6.07. The lowest BCUT2D eigenvalue weighted by Gasteiger charge is -2.32. The number of aromatic nitrogens is 2. The minimum absolute atomic E-state index is 0.00966. The highest BCUT2D eigenvalue weighted by molar-refractivity contribution is 7.99. The summed E-state index contributed by atoms with van der Waals surface area (Å²) in [7, 11) is -3.96. The minimum atomic E-state index is -3.96. The fraction of sp³-hybridized carbons (Fsp3) is 0.591. The monoisotopic (exact) mass is 2110 g/mol. The number of hydrogen-bond donors (Lipinski definition) is 24. The molecule has 49 nitrogen and oxygen atoms in total. The molecule has 0 radical (unpaired) electrons. The van der Waals surface area contributed by atoms with E-state index >= 15 is 14.2 Å². The van der Waals surface area contributed by atoms with Gasteiger partial charge in [-0.25, -0.2) is 15.3 Å². The summed E-state index contributed by atoms with van der Waals surface area (Å²) in [6.45, 7) is 10.2. The first-order chi connectivity index (χ1) is 69.5. The molecule has 3 fully saturated rings. The number of carbonyl (C=O) groups is 22. The molecule has 0 aliphatic carbocycles. The van der Waals surface area contributed by atoms with Crippen molar-refractivity contribution in [2.45, 2.75) is 259 Å². The Bertz CT molecular complexity index is 5400. The number of fused-ring (bicyclic) bond motifs is 10. The number of aromatic amines is 2.